The van der Waals surface area contributed by atoms with Crippen LogP contribution in [0.5, 0.6) is 0 Å². The summed E-state index contributed by atoms with van der Waals surface area (Å²) < 4.78 is 127. The Bertz CT molecular complexity index is 1470. The van der Waals surface area contributed by atoms with E-state index in [1.807, 2.05) is 0 Å². The van der Waals surface area contributed by atoms with Crippen molar-refractivity contribution in [3.8, 4) is 0 Å². The molecule has 0 amide bonds. The van der Waals surface area contributed by atoms with Gasteiger partial charge in [-0.25, -0.2) is 16.8 Å². The first-order valence-corrected chi connectivity index (χ1v) is 15.9. The lowest BCUT2D eigenvalue weighted by Crippen LogP contribution is -2.46. The van der Waals surface area contributed by atoms with Gasteiger partial charge in [0.25, 0.3) is 0 Å². The first kappa shape index (κ1) is 32.1. The van der Waals surface area contributed by atoms with Gasteiger partial charge in [0, 0.05) is 18.2 Å². The number of hydrogen-bond acceptors (Lipinski definition) is 5. The van der Waals surface area contributed by atoms with Crippen molar-refractivity contribution in [3.63, 3.8) is 0 Å². The van der Waals surface area contributed by atoms with Crippen LogP contribution in [0.2, 0.25) is 0 Å². The molecule has 13 heteroatoms. The summed E-state index contributed by atoms with van der Waals surface area (Å²) in [4.78, 5) is 11.6. The Balaban J connectivity index is 1.56. The van der Waals surface area contributed by atoms with Gasteiger partial charge in [-0.1, -0.05) is 18.9 Å². The van der Waals surface area contributed by atoms with Crippen molar-refractivity contribution in [1.29, 1.82) is 0 Å². The van der Waals surface area contributed by atoms with E-state index in [0.29, 0.717) is 50.3 Å². The van der Waals surface area contributed by atoms with E-state index in [-0.39, 0.29) is 28.7 Å². The number of unbranched alkanes of at least 4 members (excludes halogenated alkanes) is 1. The molecule has 1 saturated carbocycles. The lowest BCUT2D eigenvalue weighted by molar-refractivity contribution is -0.138. The molecule has 0 atom stereocenters. The summed E-state index contributed by atoms with van der Waals surface area (Å²) in [6, 6.07) is 5.71. The number of benzene rings is 2. The van der Waals surface area contributed by atoms with Gasteiger partial charge in [0.2, 0.25) is 0 Å². The molecule has 0 bridgehead atoms. The maximum absolute atomic E-state index is 13.2. The van der Waals surface area contributed by atoms with Gasteiger partial charge < -0.3 is 0 Å². The number of halogens is 6. The van der Waals surface area contributed by atoms with Crippen LogP contribution in [-0.2, 0) is 32.0 Å². The third-order valence-electron chi connectivity index (χ3n) is 7.66. The van der Waals surface area contributed by atoms with E-state index < -0.39 is 58.6 Å². The number of hydrogen-bond donors (Lipinski definition) is 0. The van der Waals surface area contributed by atoms with Crippen molar-refractivity contribution >= 4 is 25.5 Å². The molecule has 40 heavy (non-hydrogen) atoms. The van der Waals surface area contributed by atoms with E-state index in [1.54, 1.807) is 0 Å². The molecule has 0 N–H and O–H groups in total. The fourth-order valence-corrected chi connectivity index (χ4v) is 7.69. The van der Waals surface area contributed by atoms with Crippen molar-refractivity contribution in [3.05, 3.63) is 59.2 Å². The normalized spacial score (nSPS) is 18.8. The fraction of sp³-hybridized carbons (Fsp3) is 0.519. The molecule has 3 rings (SSSR count). The lowest BCUT2D eigenvalue weighted by Gasteiger charge is -2.45. The summed E-state index contributed by atoms with van der Waals surface area (Å²) in [5, 5.41) is 0. The van der Waals surface area contributed by atoms with Crippen LogP contribution in [0.25, 0.3) is 0 Å². The molecule has 0 saturated heterocycles. The molecule has 222 valence electrons. The molecule has 5 nitrogen and oxygen atoms in total. The van der Waals surface area contributed by atoms with Gasteiger partial charge in [0.1, 0.15) is 0 Å². The van der Waals surface area contributed by atoms with Crippen molar-refractivity contribution in [2.24, 2.45) is 11.8 Å². The molecule has 1 fully saturated rings. The van der Waals surface area contributed by atoms with Crippen LogP contribution in [0.15, 0.2) is 52.3 Å². The van der Waals surface area contributed by atoms with Crippen molar-refractivity contribution in [2.45, 2.75) is 79.3 Å². The van der Waals surface area contributed by atoms with Gasteiger partial charge in [-0.15, -0.1) is 0 Å². The smallest absolute Gasteiger partial charge is 0.294 e. The zero-order valence-corrected chi connectivity index (χ0v) is 23.7. The minimum atomic E-state index is -4.76. The third kappa shape index (κ3) is 6.89. The summed E-state index contributed by atoms with van der Waals surface area (Å²) in [6.45, 7) is 3.01. The van der Waals surface area contributed by atoms with E-state index in [0.717, 1.165) is 30.5 Å². The van der Waals surface area contributed by atoms with Gasteiger partial charge in [-0.3, -0.25) is 4.79 Å². The van der Waals surface area contributed by atoms with Gasteiger partial charge in [0.15, 0.2) is 25.5 Å². The van der Waals surface area contributed by atoms with E-state index >= 15 is 0 Å². The molecule has 2 aromatic carbocycles. The van der Waals surface area contributed by atoms with Gasteiger partial charge >= 0.3 is 12.4 Å². The molecule has 0 unspecified atom stereocenters. The van der Waals surface area contributed by atoms with Gasteiger partial charge in [0.05, 0.1) is 25.7 Å². The first-order valence-electron chi connectivity index (χ1n) is 12.5. The predicted molar refractivity (Wildman–Crippen MR) is 136 cm³/mol. The summed E-state index contributed by atoms with van der Waals surface area (Å²) in [7, 11) is -8.15. The second-order valence-corrected chi connectivity index (χ2v) is 15.3. The summed E-state index contributed by atoms with van der Waals surface area (Å²) in [5.74, 6) is -0.717. The highest BCUT2D eigenvalue weighted by molar-refractivity contribution is 7.92. The Morgan fingerprint density at radius 1 is 0.850 bits per heavy atom. The van der Waals surface area contributed by atoms with Crippen LogP contribution in [0.4, 0.5) is 26.3 Å². The van der Waals surface area contributed by atoms with Crippen LogP contribution in [0.1, 0.15) is 73.9 Å². The number of Topliss-reactive ketones (excluding diaryl/α,β-unsaturated/α-hetero) is 1. The van der Waals surface area contributed by atoms with Gasteiger partial charge in [-0.2, -0.15) is 26.3 Å². The van der Waals surface area contributed by atoms with E-state index in [2.05, 4.69) is 0 Å². The Morgan fingerprint density at radius 2 is 1.43 bits per heavy atom. The monoisotopic (exact) mass is 612 g/mol. The van der Waals surface area contributed by atoms with E-state index in [4.69, 9.17) is 0 Å². The molecule has 2 aromatic rings. The molecule has 1 aliphatic carbocycles. The van der Waals surface area contributed by atoms with Crippen LogP contribution >= 0.6 is 0 Å². The molecule has 0 aromatic heterocycles. The Morgan fingerprint density at radius 3 is 1.98 bits per heavy atom. The minimum absolute atomic E-state index is 0.0700. The second kappa shape index (κ2) is 11.1. The SMILES string of the molecule is CC(C)(C1CC(CCCCC(=O)c2ccc(C(F)(F)F)cc2S(C)(=O)=O)C1)S(=O)(=O)c1cccc(C(F)(F)F)c1. The highest BCUT2D eigenvalue weighted by Crippen LogP contribution is 2.48. The Kier molecular flexibility index (Phi) is 8.92. The molecule has 0 spiro atoms. The Labute approximate surface area is 229 Å². The van der Waals surface area contributed by atoms with Crippen LogP contribution < -0.4 is 0 Å². The average Bonchev–Trinajstić information content (AvgIpc) is 2.80. The number of alkyl halides is 6. The Hall–Kier alpha value is -2.41. The van der Waals surface area contributed by atoms with Crippen LogP contribution in [-0.4, -0.2) is 33.6 Å². The van der Waals surface area contributed by atoms with Crippen molar-refractivity contribution in [2.75, 3.05) is 6.26 Å². The zero-order chi connectivity index (χ0) is 30.3. The maximum atomic E-state index is 13.2. The zero-order valence-electron chi connectivity index (χ0n) is 22.1. The number of carbonyl (C=O) groups is 1. The standard InChI is InChI=1S/C27H30F6O5S2/c1-25(2,40(37,38)21-9-6-8-18(15-21)26(28,29)30)20-13-17(14-20)7-4-5-10-23(34)22-12-11-19(27(31,32)33)16-24(22)39(3,35)36/h6,8-9,11-12,15-17,20H,4-5,7,10,13-14H2,1-3H3. The van der Waals surface area contributed by atoms with E-state index in [9.17, 15) is 48.0 Å². The second-order valence-electron chi connectivity index (χ2n) is 10.8. The molecular weight excluding hydrogens is 582 g/mol. The summed E-state index contributed by atoms with van der Waals surface area (Å²) in [6.07, 6.45) is -6.13. The topological polar surface area (TPSA) is 85.3 Å². The predicted octanol–water partition coefficient (Wildman–Crippen LogP) is 7.15. The minimum Gasteiger partial charge on any atom is -0.294 e. The van der Waals surface area contributed by atoms with Crippen LogP contribution in [0.3, 0.4) is 0 Å². The molecule has 1 aliphatic rings. The lowest BCUT2D eigenvalue weighted by atomic mass is 9.67. The first-order chi connectivity index (χ1) is 18.2. The molecule has 0 radical (unpaired) electrons. The average molecular weight is 613 g/mol. The summed E-state index contributed by atoms with van der Waals surface area (Å²) in [5.41, 5.74) is -2.49. The van der Waals surface area contributed by atoms with Crippen molar-refractivity contribution in [1.82, 2.24) is 0 Å². The molecule has 0 heterocycles. The third-order valence-corrected chi connectivity index (χ3v) is 11.4. The van der Waals surface area contributed by atoms with Crippen molar-refractivity contribution < 1.29 is 48.0 Å². The van der Waals surface area contributed by atoms with Gasteiger partial charge in [-0.05, 0) is 81.3 Å². The number of carbonyl (C=O) groups excluding carboxylic acids is 1. The number of sulfone groups is 2. The highest BCUT2D eigenvalue weighted by atomic mass is 32.2. The van der Waals surface area contributed by atoms with Crippen LogP contribution in [0, 0.1) is 11.8 Å². The quantitative estimate of drug-likeness (QED) is 0.162. The molecule has 0 aliphatic heterocycles. The maximum Gasteiger partial charge on any atom is 0.416 e. The highest BCUT2D eigenvalue weighted by Gasteiger charge is 2.48. The summed E-state index contributed by atoms with van der Waals surface area (Å²) >= 11 is 0. The largest absolute Gasteiger partial charge is 0.416 e. The number of rotatable bonds is 10. The fourth-order valence-electron chi connectivity index (χ4n) is 4.99. The number of ketones is 1. The van der Waals surface area contributed by atoms with E-state index in [1.165, 1.54) is 13.8 Å². The molecular formula is C27H30F6O5S2.